The van der Waals surface area contributed by atoms with Gasteiger partial charge in [-0.25, -0.2) is 4.98 Å². The normalized spacial score (nSPS) is 10.8. The van der Waals surface area contributed by atoms with Crippen molar-refractivity contribution >= 4 is 28.5 Å². The Morgan fingerprint density at radius 3 is 2.28 bits per heavy atom. The summed E-state index contributed by atoms with van der Waals surface area (Å²) in [5.41, 5.74) is 3.25. The standard InChI is InChI=1S/C26H26N4O2/c1-2-29(21-13-7-4-8-14-21)25(31)19-30-23-16-10-9-15-22(23)28-24(30)17-18-27-26(32)20-11-5-3-6-12-20/h3-16H,2,17-19H2,1H3,(H,27,32). The molecule has 2 amide bonds. The summed E-state index contributed by atoms with van der Waals surface area (Å²) in [6.07, 6.45) is 0.526. The lowest BCUT2D eigenvalue weighted by Gasteiger charge is -2.22. The van der Waals surface area contributed by atoms with Gasteiger partial charge in [-0.05, 0) is 43.3 Å². The van der Waals surface area contributed by atoms with Gasteiger partial charge in [0.15, 0.2) is 0 Å². The molecule has 0 fully saturated rings. The molecule has 1 N–H and O–H groups in total. The van der Waals surface area contributed by atoms with Crippen LogP contribution in [0.25, 0.3) is 11.0 Å². The summed E-state index contributed by atoms with van der Waals surface area (Å²) in [7, 11) is 0. The van der Waals surface area contributed by atoms with Crippen LogP contribution in [0.1, 0.15) is 23.1 Å². The van der Waals surface area contributed by atoms with E-state index in [1.807, 2.05) is 84.3 Å². The van der Waals surface area contributed by atoms with Gasteiger partial charge >= 0.3 is 0 Å². The van der Waals surface area contributed by atoms with Gasteiger partial charge in [-0.2, -0.15) is 0 Å². The van der Waals surface area contributed by atoms with Crippen molar-refractivity contribution in [3.8, 4) is 0 Å². The highest BCUT2D eigenvalue weighted by molar-refractivity contribution is 5.94. The Morgan fingerprint density at radius 2 is 1.56 bits per heavy atom. The molecule has 1 aromatic heterocycles. The second-order valence-corrected chi connectivity index (χ2v) is 7.45. The topological polar surface area (TPSA) is 67.2 Å². The van der Waals surface area contributed by atoms with Crippen molar-refractivity contribution < 1.29 is 9.59 Å². The third kappa shape index (κ3) is 4.70. The Hall–Kier alpha value is -3.93. The Bertz CT molecular complexity index is 1200. The molecule has 4 aromatic rings. The van der Waals surface area contributed by atoms with Crippen LogP contribution in [-0.2, 0) is 17.8 Å². The van der Waals surface area contributed by atoms with E-state index in [0.717, 1.165) is 22.5 Å². The van der Waals surface area contributed by atoms with Gasteiger partial charge in [-0.1, -0.05) is 48.5 Å². The number of benzene rings is 3. The van der Waals surface area contributed by atoms with E-state index in [4.69, 9.17) is 4.98 Å². The molecule has 0 radical (unpaired) electrons. The summed E-state index contributed by atoms with van der Waals surface area (Å²) in [5.74, 6) is 0.652. The maximum absolute atomic E-state index is 13.2. The molecule has 162 valence electrons. The average molecular weight is 427 g/mol. The van der Waals surface area contributed by atoms with Gasteiger partial charge in [0.2, 0.25) is 5.91 Å². The second kappa shape index (κ2) is 9.92. The molecule has 0 saturated heterocycles. The lowest BCUT2D eigenvalue weighted by atomic mass is 10.2. The first-order valence-electron chi connectivity index (χ1n) is 10.8. The molecule has 0 atom stereocenters. The lowest BCUT2D eigenvalue weighted by molar-refractivity contribution is -0.119. The summed E-state index contributed by atoms with van der Waals surface area (Å²) in [6.45, 7) is 3.17. The zero-order valence-electron chi connectivity index (χ0n) is 18.1. The number of anilines is 1. The summed E-state index contributed by atoms with van der Waals surface area (Å²) < 4.78 is 1.96. The van der Waals surface area contributed by atoms with Crippen molar-refractivity contribution in [1.82, 2.24) is 14.9 Å². The number of hydrogen-bond donors (Lipinski definition) is 1. The number of likely N-dealkylation sites (N-methyl/N-ethyl adjacent to an activating group) is 1. The largest absolute Gasteiger partial charge is 0.352 e. The number of amides is 2. The lowest BCUT2D eigenvalue weighted by Crippen LogP contribution is -2.34. The molecule has 0 aliphatic rings. The first-order valence-corrected chi connectivity index (χ1v) is 10.8. The van der Waals surface area contributed by atoms with Crippen LogP contribution in [0.4, 0.5) is 5.69 Å². The SMILES string of the molecule is CCN(C(=O)Cn1c(CCNC(=O)c2ccccc2)nc2ccccc21)c1ccccc1. The third-order valence-electron chi connectivity index (χ3n) is 5.38. The van der Waals surface area contributed by atoms with Gasteiger partial charge in [-0.3, -0.25) is 9.59 Å². The molecule has 0 aliphatic carbocycles. The molecule has 32 heavy (non-hydrogen) atoms. The minimum absolute atomic E-state index is 0.00331. The Morgan fingerprint density at radius 1 is 0.906 bits per heavy atom. The summed E-state index contributed by atoms with van der Waals surface area (Å²) >= 11 is 0. The summed E-state index contributed by atoms with van der Waals surface area (Å²) in [4.78, 5) is 32.1. The number of fused-ring (bicyclic) bond motifs is 1. The van der Waals surface area contributed by atoms with Crippen LogP contribution in [-0.4, -0.2) is 34.5 Å². The van der Waals surface area contributed by atoms with Gasteiger partial charge in [0.05, 0.1) is 11.0 Å². The minimum Gasteiger partial charge on any atom is -0.352 e. The molecule has 6 heteroatoms. The number of carbonyl (C=O) groups excluding carboxylic acids is 2. The van der Waals surface area contributed by atoms with Crippen molar-refractivity contribution in [3.05, 3.63) is 96.3 Å². The van der Waals surface area contributed by atoms with Crippen LogP contribution in [0.3, 0.4) is 0 Å². The van der Waals surface area contributed by atoms with E-state index in [1.54, 1.807) is 17.0 Å². The van der Waals surface area contributed by atoms with E-state index in [9.17, 15) is 9.59 Å². The van der Waals surface area contributed by atoms with E-state index in [0.29, 0.717) is 25.1 Å². The number of nitrogens with one attached hydrogen (secondary N) is 1. The van der Waals surface area contributed by atoms with Gasteiger partial charge in [0.25, 0.3) is 5.91 Å². The molecule has 0 saturated carbocycles. The quantitative estimate of drug-likeness (QED) is 0.462. The summed E-state index contributed by atoms with van der Waals surface area (Å²) in [6, 6.07) is 26.6. The van der Waals surface area contributed by atoms with Crippen molar-refractivity contribution in [2.75, 3.05) is 18.0 Å². The fourth-order valence-corrected chi connectivity index (χ4v) is 3.80. The summed E-state index contributed by atoms with van der Waals surface area (Å²) in [5, 5.41) is 2.94. The van der Waals surface area contributed by atoms with Crippen LogP contribution < -0.4 is 10.2 Å². The van der Waals surface area contributed by atoms with Crippen molar-refractivity contribution in [1.29, 1.82) is 0 Å². The number of carbonyl (C=O) groups is 2. The molecule has 1 heterocycles. The van der Waals surface area contributed by atoms with Crippen molar-refractivity contribution in [2.24, 2.45) is 0 Å². The molecule has 0 spiro atoms. The van der Waals surface area contributed by atoms with Crippen LogP contribution in [0.5, 0.6) is 0 Å². The molecular formula is C26H26N4O2. The number of aromatic nitrogens is 2. The van der Waals surface area contributed by atoms with Crippen LogP contribution in [0.2, 0.25) is 0 Å². The van der Waals surface area contributed by atoms with Gasteiger partial charge in [0.1, 0.15) is 12.4 Å². The molecule has 6 nitrogen and oxygen atoms in total. The Labute approximate surface area is 187 Å². The van der Waals surface area contributed by atoms with Crippen molar-refractivity contribution in [2.45, 2.75) is 19.9 Å². The van der Waals surface area contributed by atoms with E-state index in [1.165, 1.54) is 0 Å². The van der Waals surface area contributed by atoms with Crippen LogP contribution in [0.15, 0.2) is 84.9 Å². The Balaban J connectivity index is 1.52. The molecule has 0 aliphatic heterocycles. The third-order valence-corrected chi connectivity index (χ3v) is 5.38. The monoisotopic (exact) mass is 426 g/mol. The van der Waals surface area contributed by atoms with E-state index in [2.05, 4.69) is 5.32 Å². The average Bonchev–Trinajstić information content (AvgIpc) is 3.18. The zero-order valence-corrected chi connectivity index (χ0v) is 18.1. The second-order valence-electron chi connectivity index (χ2n) is 7.45. The van der Waals surface area contributed by atoms with E-state index >= 15 is 0 Å². The number of para-hydroxylation sites is 3. The van der Waals surface area contributed by atoms with Crippen LogP contribution >= 0.6 is 0 Å². The minimum atomic E-state index is -0.120. The number of imidazole rings is 1. The zero-order chi connectivity index (χ0) is 22.3. The highest BCUT2D eigenvalue weighted by atomic mass is 16.2. The van der Waals surface area contributed by atoms with Gasteiger partial charge in [0, 0.05) is 30.8 Å². The first kappa shape index (κ1) is 21.3. The van der Waals surface area contributed by atoms with E-state index < -0.39 is 0 Å². The number of nitrogens with zero attached hydrogens (tertiary/aromatic N) is 3. The number of rotatable bonds is 8. The number of hydrogen-bond acceptors (Lipinski definition) is 3. The molecule has 0 bridgehead atoms. The maximum atomic E-state index is 13.2. The smallest absolute Gasteiger partial charge is 0.251 e. The predicted octanol–water partition coefficient (Wildman–Crippen LogP) is 4.06. The molecular weight excluding hydrogens is 400 g/mol. The van der Waals surface area contributed by atoms with E-state index in [-0.39, 0.29) is 18.4 Å². The van der Waals surface area contributed by atoms with Crippen LogP contribution in [0, 0.1) is 0 Å². The highest BCUT2D eigenvalue weighted by Gasteiger charge is 2.18. The fourth-order valence-electron chi connectivity index (χ4n) is 3.80. The Kier molecular flexibility index (Phi) is 6.60. The maximum Gasteiger partial charge on any atom is 0.251 e. The van der Waals surface area contributed by atoms with Crippen molar-refractivity contribution in [3.63, 3.8) is 0 Å². The van der Waals surface area contributed by atoms with Gasteiger partial charge in [-0.15, -0.1) is 0 Å². The predicted molar refractivity (Wildman–Crippen MR) is 127 cm³/mol. The fraction of sp³-hybridized carbons (Fsp3) is 0.192. The molecule has 4 rings (SSSR count). The molecule has 3 aromatic carbocycles. The molecule has 0 unspecified atom stereocenters. The first-order chi connectivity index (χ1) is 15.7. The highest BCUT2D eigenvalue weighted by Crippen LogP contribution is 2.19. The van der Waals surface area contributed by atoms with Gasteiger partial charge < -0.3 is 14.8 Å².